The van der Waals surface area contributed by atoms with Crippen LogP contribution in [0.25, 0.3) is 11.4 Å². The number of carbonyl (C=O) groups excluding carboxylic acids is 1. The van der Waals surface area contributed by atoms with Gasteiger partial charge in [0.15, 0.2) is 5.82 Å². The summed E-state index contributed by atoms with van der Waals surface area (Å²) in [6.45, 7) is 1.76. The molecule has 2 aromatic carbocycles. The maximum atomic E-state index is 14.2. The fraction of sp³-hybridized carbons (Fsp3) is 0.238. The average Bonchev–Trinajstić information content (AvgIpc) is 2.72. The molecule has 0 fully saturated rings. The topological polar surface area (TPSA) is 119 Å². The van der Waals surface area contributed by atoms with Gasteiger partial charge in [0.2, 0.25) is 5.95 Å². The van der Waals surface area contributed by atoms with Crippen molar-refractivity contribution in [3.05, 3.63) is 59.9 Å². The molecule has 3 rings (SSSR count). The molecular weight excluding hydrogens is 456 g/mol. The van der Waals surface area contributed by atoms with Crippen LogP contribution in [0, 0.1) is 11.6 Å². The van der Waals surface area contributed by atoms with Crippen LogP contribution in [-0.4, -0.2) is 45.6 Å². The molecule has 33 heavy (non-hydrogen) atoms. The molecular formula is C21H23F2N5O4S. The van der Waals surface area contributed by atoms with Gasteiger partial charge in [0.1, 0.15) is 23.7 Å². The minimum absolute atomic E-state index is 0.0342. The molecule has 0 saturated carbocycles. The van der Waals surface area contributed by atoms with Crippen LogP contribution in [0.4, 0.5) is 25.2 Å². The number of anilines is 2. The Morgan fingerprint density at radius 1 is 1.18 bits per heavy atom. The van der Waals surface area contributed by atoms with Crippen LogP contribution in [-0.2, 0) is 20.6 Å². The molecule has 0 bridgehead atoms. The van der Waals surface area contributed by atoms with Crippen LogP contribution in [0.1, 0.15) is 12.5 Å². The van der Waals surface area contributed by atoms with Crippen molar-refractivity contribution in [1.29, 1.82) is 0 Å². The van der Waals surface area contributed by atoms with Crippen LogP contribution < -0.4 is 10.1 Å². The largest absolute Gasteiger partial charge is 0.496 e. The van der Waals surface area contributed by atoms with Gasteiger partial charge in [0, 0.05) is 17.5 Å². The van der Waals surface area contributed by atoms with Crippen molar-refractivity contribution in [3.8, 4) is 17.1 Å². The minimum atomic E-state index is -3.06. The number of thiol groups is 1. The number of benzene rings is 2. The van der Waals surface area contributed by atoms with E-state index in [0.717, 1.165) is 0 Å². The summed E-state index contributed by atoms with van der Waals surface area (Å²) in [5, 5.41) is 2.88. The Morgan fingerprint density at radius 2 is 1.97 bits per heavy atom. The zero-order valence-corrected chi connectivity index (χ0v) is 19.0. The predicted molar refractivity (Wildman–Crippen MR) is 122 cm³/mol. The first-order valence-electron chi connectivity index (χ1n) is 9.77. The van der Waals surface area contributed by atoms with Crippen molar-refractivity contribution in [3.63, 3.8) is 0 Å². The summed E-state index contributed by atoms with van der Waals surface area (Å²) in [6.07, 6.45) is 1.82. The summed E-state index contributed by atoms with van der Waals surface area (Å²) in [5.41, 5.74) is 1.17. The van der Waals surface area contributed by atoms with Gasteiger partial charge in [0.05, 0.1) is 19.3 Å². The Morgan fingerprint density at radius 3 is 2.70 bits per heavy atom. The first-order valence-corrected chi connectivity index (χ1v) is 12.1. The number of halogens is 2. The van der Waals surface area contributed by atoms with Crippen LogP contribution in [0.3, 0.4) is 0 Å². The second-order valence-electron chi connectivity index (χ2n) is 7.00. The number of carbonyl (C=O) groups is 1. The minimum Gasteiger partial charge on any atom is -0.496 e. The number of hydrogen-bond acceptors (Lipinski definition) is 7. The fourth-order valence-corrected chi connectivity index (χ4v) is 4.34. The molecule has 9 nitrogen and oxygen atoms in total. The Hall–Kier alpha value is -3.51. The zero-order chi connectivity index (χ0) is 24.0. The summed E-state index contributed by atoms with van der Waals surface area (Å²) in [5.74, 6) is -0.488. The normalized spacial score (nSPS) is 11.6. The van der Waals surface area contributed by atoms with Crippen molar-refractivity contribution < 1.29 is 27.6 Å². The Kier molecular flexibility index (Phi) is 7.61. The van der Waals surface area contributed by atoms with E-state index in [0.29, 0.717) is 16.8 Å². The van der Waals surface area contributed by atoms with Gasteiger partial charge in [-0.2, -0.15) is 9.35 Å². The summed E-state index contributed by atoms with van der Waals surface area (Å²) in [6, 6.07) is 7.99. The maximum absolute atomic E-state index is 14.2. The molecule has 1 heterocycles. The first-order chi connectivity index (χ1) is 15.7. The Bertz CT molecular complexity index is 1220. The SMILES string of the molecule is CCOC(=O)N=[SH](C)(O)Cc1cc(F)cc(Nc2ncnc(-c3ccc(F)cc3OC)n2)c1. The van der Waals surface area contributed by atoms with E-state index in [2.05, 4.69) is 24.6 Å². The number of amides is 1. The van der Waals surface area contributed by atoms with E-state index >= 15 is 0 Å². The van der Waals surface area contributed by atoms with Crippen molar-refractivity contribution >= 4 is 27.8 Å². The van der Waals surface area contributed by atoms with Gasteiger partial charge in [-0.15, -0.1) is 0 Å². The number of methoxy groups -OCH3 is 1. The quantitative estimate of drug-likeness (QED) is 0.427. The third-order valence-corrected chi connectivity index (χ3v) is 5.80. The molecule has 0 saturated heterocycles. The van der Waals surface area contributed by atoms with Gasteiger partial charge >= 0.3 is 6.09 Å². The highest BCUT2D eigenvalue weighted by Gasteiger charge is 2.13. The molecule has 1 aromatic heterocycles. The van der Waals surface area contributed by atoms with Crippen molar-refractivity contribution in [2.24, 2.45) is 4.36 Å². The standard InChI is InChI=1S/C21H23F2N5O4S/c1-4-32-21(29)28-33(3,30)11-13-7-15(23)9-16(8-13)26-20-25-12-24-19(27-20)17-6-5-14(22)10-18(17)31-2/h5-10,12,33H,4,11H2,1-3H3,(H,28,29,30)(H,24,25,26,27). The Balaban J connectivity index is 1.86. The van der Waals surface area contributed by atoms with E-state index < -0.39 is 27.8 Å². The average molecular weight is 480 g/mol. The molecule has 0 aliphatic carbocycles. The summed E-state index contributed by atoms with van der Waals surface area (Å²) < 4.78 is 51.8. The lowest BCUT2D eigenvalue weighted by molar-refractivity contribution is 0.164. The molecule has 0 radical (unpaired) electrons. The highest BCUT2D eigenvalue weighted by atomic mass is 32.3. The van der Waals surface area contributed by atoms with Gasteiger partial charge in [-0.1, -0.05) is 10.1 Å². The first kappa shape index (κ1) is 24.1. The van der Waals surface area contributed by atoms with E-state index in [9.17, 15) is 18.1 Å². The molecule has 176 valence electrons. The van der Waals surface area contributed by atoms with Gasteiger partial charge in [-0.25, -0.2) is 23.5 Å². The van der Waals surface area contributed by atoms with E-state index in [4.69, 9.17) is 9.47 Å². The van der Waals surface area contributed by atoms with Crippen molar-refractivity contribution in [2.45, 2.75) is 12.7 Å². The lowest BCUT2D eigenvalue weighted by Crippen LogP contribution is -2.14. The monoisotopic (exact) mass is 479 g/mol. The lowest BCUT2D eigenvalue weighted by Gasteiger charge is -2.18. The molecule has 0 atom stereocenters. The molecule has 0 aliphatic rings. The van der Waals surface area contributed by atoms with E-state index in [-0.39, 0.29) is 29.9 Å². The molecule has 12 heteroatoms. The fourth-order valence-electron chi connectivity index (χ4n) is 2.99. The van der Waals surface area contributed by atoms with Crippen molar-refractivity contribution in [1.82, 2.24) is 15.0 Å². The van der Waals surface area contributed by atoms with Crippen LogP contribution in [0.2, 0.25) is 0 Å². The van der Waals surface area contributed by atoms with E-state index in [1.165, 1.54) is 50.0 Å². The van der Waals surface area contributed by atoms with Gasteiger partial charge in [-0.05, 0) is 49.1 Å². The molecule has 0 spiro atoms. The smallest absolute Gasteiger partial charge is 0.439 e. The van der Waals surface area contributed by atoms with E-state index in [1.807, 2.05) is 0 Å². The second-order valence-corrected chi connectivity index (χ2v) is 9.69. The third-order valence-electron chi connectivity index (χ3n) is 4.24. The number of rotatable bonds is 7. The number of nitrogens with one attached hydrogen (secondary N) is 1. The van der Waals surface area contributed by atoms with Crippen LogP contribution in [0.15, 0.2) is 47.1 Å². The lowest BCUT2D eigenvalue weighted by atomic mass is 10.2. The van der Waals surface area contributed by atoms with Gasteiger partial charge in [0.25, 0.3) is 0 Å². The molecule has 1 amide bonds. The van der Waals surface area contributed by atoms with Gasteiger partial charge in [-0.3, -0.25) is 0 Å². The third kappa shape index (κ3) is 6.73. The maximum Gasteiger partial charge on any atom is 0.439 e. The van der Waals surface area contributed by atoms with Gasteiger partial charge < -0.3 is 19.3 Å². The Labute approximate surface area is 190 Å². The van der Waals surface area contributed by atoms with Crippen molar-refractivity contribution in [2.75, 3.05) is 25.3 Å². The number of ether oxygens (including phenoxy) is 2. The predicted octanol–water partition coefficient (Wildman–Crippen LogP) is 4.40. The molecule has 0 unspecified atom stereocenters. The summed E-state index contributed by atoms with van der Waals surface area (Å²) >= 11 is 0. The number of hydrogen-bond donors (Lipinski definition) is 3. The molecule has 3 aromatic rings. The van der Waals surface area contributed by atoms with Crippen LogP contribution >= 0.6 is 0 Å². The van der Waals surface area contributed by atoms with E-state index in [1.54, 1.807) is 13.0 Å². The number of nitrogens with zero attached hydrogens (tertiary/aromatic N) is 4. The molecule has 0 aliphatic heterocycles. The van der Waals surface area contributed by atoms with Crippen LogP contribution in [0.5, 0.6) is 5.75 Å². The second kappa shape index (κ2) is 10.4. The zero-order valence-electron chi connectivity index (χ0n) is 18.1. The molecule has 2 N–H and O–H groups in total. The summed E-state index contributed by atoms with van der Waals surface area (Å²) in [4.78, 5) is 24.0. The number of aromatic nitrogens is 3. The summed E-state index contributed by atoms with van der Waals surface area (Å²) in [7, 11) is -1.66. The highest BCUT2D eigenvalue weighted by Crippen LogP contribution is 2.28. The highest BCUT2D eigenvalue weighted by molar-refractivity contribution is 7.98.